The summed E-state index contributed by atoms with van der Waals surface area (Å²) in [4.78, 5) is 2.49. The van der Waals surface area contributed by atoms with E-state index in [9.17, 15) is 0 Å². The van der Waals surface area contributed by atoms with Crippen LogP contribution in [0.2, 0.25) is 0 Å². The van der Waals surface area contributed by atoms with Gasteiger partial charge in [0.25, 0.3) is 0 Å². The van der Waals surface area contributed by atoms with Crippen molar-refractivity contribution < 1.29 is 0 Å². The first-order valence-electron chi connectivity index (χ1n) is 6.70. The van der Waals surface area contributed by atoms with E-state index in [2.05, 4.69) is 31.0 Å². The fourth-order valence-electron chi connectivity index (χ4n) is 2.91. The molecule has 17 heavy (non-hydrogen) atoms. The summed E-state index contributed by atoms with van der Waals surface area (Å²) in [5.74, 6) is 0.886. The molecule has 2 N–H and O–H groups in total. The Kier molecular flexibility index (Phi) is 4.06. The molecule has 0 aromatic heterocycles. The van der Waals surface area contributed by atoms with Gasteiger partial charge in [0, 0.05) is 18.3 Å². The largest absolute Gasteiger partial charge is 0.399 e. The van der Waals surface area contributed by atoms with Gasteiger partial charge in [-0.3, -0.25) is 4.90 Å². The number of hydrogen-bond acceptors (Lipinski definition) is 2. The Hall–Kier alpha value is -1.02. The number of benzene rings is 1. The van der Waals surface area contributed by atoms with Gasteiger partial charge in [-0.1, -0.05) is 31.9 Å². The minimum absolute atomic E-state index is 0.750. The Labute approximate surface area is 105 Å². The Morgan fingerprint density at radius 1 is 1.35 bits per heavy atom. The molecule has 1 aromatic carbocycles. The molecule has 2 heteroatoms. The van der Waals surface area contributed by atoms with Crippen LogP contribution in [-0.2, 0) is 6.54 Å². The summed E-state index contributed by atoms with van der Waals surface area (Å²) in [6.45, 7) is 3.39. The summed E-state index contributed by atoms with van der Waals surface area (Å²) < 4.78 is 0. The second-order valence-corrected chi connectivity index (χ2v) is 5.59. The van der Waals surface area contributed by atoms with Crippen molar-refractivity contribution >= 4 is 5.69 Å². The first-order chi connectivity index (χ1) is 8.15. The molecule has 0 radical (unpaired) electrons. The van der Waals surface area contributed by atoms with E-state index >= 15 is 0 Å². The van der Waals surface area contributed by atoms with Crippen LogP contribution < -0.4 is 5.73 Å². The monoisotopic (exact) mass is 232 g/mol. The van der Waals surface area contributed by atoms with Gasteiger partial charge in [-0.25, -0.2) is 0 Å². The zero-order chi connectivity index (χ0) is 12.3. The van der Waals surface area contributed by atoms with E-state index in [1.807, 2.05) is 12.1 Å². The summed E-state index contributed by atoms with van der Waals surface area (Å²) in [5.41, 5.74) is 8.01. The Bertz CT molecular complexity index is 362. The zero-order valence-electron chi connectivity index (χ0n) is 11.0. The molecule has 0 spiro atoms. The van der Waals surface area contributed by atoms with Gasteiger partial charge in [0.1, 0.15) is 0 Å². The molecular formula is C15H24N2. The molecule has 0 saturated heterocycles. The molecule has 1 aliphatic carbocycles. The molecule has 94 valence electrons. The summed E-state index contributed by atoms with van der Waals surface area (Å²) >= 11 is 0. The second kappa shape index (κ2) is 5.54. The van der Waals surface area contributed by atoms with E-state index in [-0.39, 0.29) is 0 Å². The van der Waals surface area contributed by atoms with Crippen LogP contribution in [0.4, 0.5) is 5.69 Å². The van der Waals surface area contributed by atoms with Crippen molar-refractivity contribution in [2.75, 3.05) is 12.8 Å². The highest BCUT2D eigenvalue weighted by Crippen LogP contribution is 2.27. The molecule has 1 aliphatic rings. The predicted octanol–water partition coefficient (Wildman–Crippen LogP) is 3.28. The van der Waals surface area contributed by atoms with E-state index < -0.39 is 0 Å². The van der Waals surface area contributed by atoms with Crippen LogP contribution in [0.15, 0.2) is 24.3 Å². The fourth-order valence-corrected chi connectivity index (χ4v) is 2.91. The Morgan fingerprint density at radius 3 is 2.88 bits per heavy atom. The molecule has 1 saturated carbocycles. The number of hydrogen-bond donors (Lipinski definition) is 1. The van der Waals surface area contributed by atoms with Crippen LogP contribution in [0.5, 0.6) is 0 Å². The molecule has 2 unspecified atom stereocenters. The molecule has 0 bridgehead atoms. The number of rotatable bonds is 3. The van der Waals surface area contributed by atoms with Crippen molar-refractivity contribution in [1.29, 1.82) is 0 Å². The number of nitrogens with two attached hydrogens (primary N) is 1. The molecule has 1 aromatic rings. The maximum atomic E-state index is 5.82. The van der Waals surface area contributed by atoms with E-state index in [1.165, 1.54) is 31.2 Å². The van der Waals surface area contributed by atoms with Gasteiger partial charge >= 0.3 is 0 Å². The highest BCUT2D eigenvalue weighted by molar-refractivity contribution is 5.40. The van der Waals surface area contributed by atoms with Crippen LogP contribution in [-0.4, -0.2) is 18.0 Å². The van der Waals surface area contributed by atoms with Gasteiger partial charge in [0.15, 0.2) is 0 Å². The maximum absolute atomic E-state index is 5.82. The average molecular weight is 232 g/mol. The van der Waals surface area contributed by atoms with Crippen molar-refractivity contribution in [2.24, 2.45) is 5.92 Å². The lowest BCUT2D eigenvalue weighted by atomic mass is 9.86. The second-order valence-electron chi connectivity index (χ2n) is 5.59. The number of anilines is 1. The van der Waals surface area contributed by atoms with Crippen molar-refractivity contribution in [3.63, 3.8) is 0 Å². The molecule has 2 nitrogen and oxygen atoms in total. The SMILES string of the molecule is CC1CCCC(N(C)Cc2cccc(N)c2)C1. The minimum Gasteiger partial charge on any atom is -0.399 e. The van der Waals surface area contributed by atoms with E-state index in [0.717, 1.165) is 24.2 Å². The van der Waals surface area contributed by atoms with Crippen molar-refractivity contribution in [3.05, 3.63) is 29.8 Å². The van der Waals surface area contributed by atoms with Crippen LogP contribution in [0.1, 0.15) is 38.2 Å². The summed E-state index contributed by atoms with van der Waals surface area (Å²) in [6.07, 6.45) is 5.48. The lowest BCUT2D eigenvalue weighted by Crippen LogP contribution is -2.35. The van der Waals surface area contributed by atoms with Gasteiger partial charge in [0.2, 0.25) is 0 Å². The van der Waals surface area contributed by atoms with Gasteiger partial charge in [-0.2, -0.15) is 0 Å². The van der Waals surface area contributed by atoms with Crippen molar-refractivity contribution in [1.82, 2.24) is 4.90 Å². The molecule has 0 aliphatic heterocycles. The molecule has 0 amide bonds. The third kappa shape index (κ3) is 3.47. The Balaban J connectivity index is 1.94. The Morgan fingerprint density at radius 2 is 2.18 bits per heavy atom. The highest BCUT2D eigenvalue weighted by atomic mass is 15.1. The first-order valence-corrected chi connectivity index (χ1v) is 6.70. The third-order valence-corrected chi connectivity index (χ3v) is 3.92. The molecule has 0 heterocycles. The highest BCUT2D eigenvalue weighted by Gasteiger charge is 2.22. The minimum atomic E-state index is 0.750. The van der Waals surface area contributed by atoms with Gasteiger partial charge in [-0.05, 0) is 43.5 Å². The predicted molar refractivity (Wildman–Crippen MR) is 73.7 cm³/mol. The van der Waals surface area contributed by atoms with Gasteiger partial charge in [0.05, 0.1) is 0 Å². The van der Waals surface area contributed by atoms with E-state index in [4.69, 9.17) is 5.73 Å². The summed E-state index contributed by atoms with van der Waals surface area (Å²) in [6, 6.07) is 9.00. The lowest BCUT2D eigenvalue weighted by Gasteiger charge is -2.34. The molecule has 2 rings (SSSR count). The molecule has 2 atom stereocenters. The van der Waals surface area contributed by atoms with Crippen LogP contribution in [0.3, 0.4) is 0 Å². The molecular weight excluding hydrogens is 208 g/mol. The maximum Gasteiger partial charge on any atom is 0.0317 e. The van der Waals surface area contributed by atoms with Gasteiger partial charge < -0.3 is 5.73 Å². The number of nitrogen functional groups attached to an aromatic ring is 1. The van der Waals surface area contributed by atoms with Crippen LogP contribution >= 0.6 is 0 Å². The zero-order valence-corrected chi connectivity index (χ0v) is 11.0. The first kappa shape index (κ1) is 12.4. The summed E-state index contributed by atoms with van der Waals surface area (Å²) in [7, 11) is 2.24. The van der Waals surface area contributed by atoms with E-state index in [0.29, 0.717) is 0 Å². The van der Waals surface area contributed by atoms with Crippen molar-refractivity contribution in [2.45, 2.75) is 45.2 Å². The lowest BCUT2D eigenvalue weighted by molar-refractivity contribution is 0.158. The van der Waals surface area contributed by atoms with Crippen LogP contribution in [0, 0.1) is 5.92 Å². The number of nitrogens with zero attached hydrogens (tertiary/aromatic N) is 1. The average Bonchev–Trinajstić information content (AvgIpc) is 2.29. The third-order valence-electron chi connectivity index (χ3n) is 3.92. The van der Waals surface area contributed by atoms with Gasteiger partial charge in [-0.15, -0.1) is 0 Å². The topological polar surface area (TPSA) is 29.3 Å². The smallest absolute Gasteiger partial charge is 0.0317 e. The molecule has 1 fully saturated rings. The van der Waals surface area contributed by atoms with Crippen molar-refractivity contribution in [3.8, 4) is 0 Å². The quantitative estimate of drug-likeness (QED) is 0.810. The van der Waals surface area contributed by atoms with Crippen LogP contribution in [0.25, 0.3) is 0 Å². The standard InChI is InChI=1S/C15H24N2/c1-12-5-3-8-15(9-12)17(2)11-13-6-4-7-14(16)10-13/h4,6-7,10,12,15H,3,5,8-9,11,16H2,1-2H3. The van der Waals surface area contributed by atoms with E-state index in [1.54, 1.807) is 0 Å². The fraction of sp³-hybridized carbons (Fsp3) is 0.600. The summed E-state index contributed by atoms with van der Waals surface area (Å²) in [5, 5.41) is 0. The normalized spacial score (nSPS) is 25.1.